The summed E-state index contributed by atoms with van der Waals surface area (Å²) in [5.74, 6) is -0.470. The average Bonchev–Trinajstić information content (AvgIpc) is 2.85. The van der Waals surface area contributed by atoms with Gasteiger partial charge in [0.25, 0.3) is 5.91 Å². The van der Waals surface area contributed by atoms with Crippen LogP contribution in [0.2, 0.25) is 0 Å². The number of para-hydroxylation sites is 1. The molecule has 0 atom stereocenters. The van der Waals surface area contributed by atoms with E-state index in [1.54, 1.807) is 13.0 Å². The van der Waals surface area contributed by atoms with Crippen LogP contribution in [0.3, 0.4) is 0 Å². The van der Waals surface area contributed by atoms with Crippen molar-refractivity contribution in [3.8, 4) is 11.5 Å². The van der Waals surface area contributed by atoms with Crippen molar-refractivity contribution in [1.82, 2.24) is 5.32 Å². The zero-order chi connectivity index (χ0) is 18.4. The molecule has 0 fully saturated rings. The van der Waals surface area contributed by atoms with Gasteiger partial charge >= 0.3 is 12.1 Å². The first kappa shape index (κ1) is 18.6. The van der Waals surface area contributed by atoms with Gasteiger partial charge in [-0.15, -0.1) is 0 Å². The summed E-state index contributed by atoms with van der Waals surface area (Å²) >= 11 is 0. The summed E-state index contributed by atoms with van der Waals surface area (Å²) in [5, 5.41) is 1.91. The molecule has 0 bridgehead atoms. The number of hydrogen-bond donors (Lipinski definition) is 1. The molecule has 1 aliphatic rings. The van der Waals surface area contributed by atoms with Crippen LogP contribution < -0.4 is 14.8 Å². The molecular formula is C17H21NO7. The van der Waals surface area contributed by atoms with Crippen LogP contribution in [0.15, 0.2) is 18.2 Å². The summed E-state index contributed by atoms with van der Waals surface area (Å²) in [6.07, 6.45) is -0.141. The second kappa shape index (κ2) is 7.87. The molecule has 8 nitrogen and oxygen atoms in total. The normalized spacial score (nSPS) is 14.0. The first-order chi connectivity index (χ1) is 11.8. The minimum absolute atomic E-state index is 0.132. The maximum atomic E-state index is 11.7. The molecule has 1 aliphatic heterocycles. The number of imide groups is 1. The van der Waals surface area contributed by atoms with Gasteiger partial charge in [0.2, 0.25) is 0 Å². The molecule has 0 aliphatic carbocycles. The van der Waals surface area contributed by atoms with E-state index in [0.717, 1.165) is 12.0 Å². The van der Waals surface area contributed by atoms with Crippen molar-refractivity contribution in [2.45, 2.75) is 32.8 Å². The summed E-state index contributed by atoms with van der Waals surface area (Å²) in [5.41, 5.74) is 0.678. The highest BCUT2D eigenvalue weighted by Crippen LogP contribution is 2.41. The Bertz CT molecular complexity index is 669. The fourth-order valence-corrected chi connectivity index (χ4v) is 2.34. The summed E-state index contributed by atoms with van der Waals surface area (Å²) < 4.78 is 20.5. The Balaban J connectivity index is 1.79. The number of esters is 1. The van der Waals surface area contributed by atoms with Crippen LogP contribution >= 0.6 is 0 Å². The van der Waals surface area contributed by atoms with Gasteiger partial charge in [-0.3, -0.25) is 10.1 Å². The third-order valence-electron chi connectivity index (χ3n) is 3.28. The molecular weight excluding hydrogens is 330 g/mol. The van der Waals surface area contributed by atoms with E-state index in [1.807, 2.05) is 31.3 Å². The third kappa shape index (κ3) is 5.37. The van der Waals surface area contributed by atoms with E-state index in [1.165, 1.54) is 0 Å². The predicted octanol–water partition coefficient (Wildman–Crippen LogP) is 1.59. The molecule has 0 radical (unpaired) electrons. The van der Waals surface area contributed by atoms with E-state index in [-0.39, 0.29) is 18.8 Å². The molecule has 1 heterocycles. The zero-order valence-electron chi connectivity index (χ0n) is 14.4. The molecule has 2 amide bonds. The lowest BCUT2D eigenvalue weighted by molar-refractivity contribution is -0.150. The highest BCUT2D eigenvalue weighted by molar-refractivity contribution is 5.93. The summed E-state index contributed by atoms with van der Waals surface area (Å²) in [7, 11) is 0. The number of carbonyl (C=O) groups excluding carboxylic acids is 3. The lowest BCUT2D eigenvalue weighted by Gasteiger charge is -2.18. The summed E-state index contributed by atoms with van der Waals surface area (Å²) in [6.45, 7) is 4.68. The molecule has 0 unspecified atom stereocenters. The average molecular weight is 351 g/mol. The molecule has 2 rings (SSSR count). The van der Waals surface area contributed by atoms with Gasteiger partial charge in [-0.1, -0.05) is 12.1 Å². The van der Waals surface area contributed by atoms with Gasteiger partial charge in [-0.05, 0) is 26.8 Å². The van der Waals surface area contributed by atoms with E-state index < -0.39 is 24.6 Å². The Labute approximate surface area is 145 Å². The number of nitrogens with one attached hydrogen (secondary N) is 1. The molecule has 0 saturated heterocycles. The van der Waals surface area contributed by atoms with E-state index in [2.05, 4.69) is 4.74 Å². The van der Waals surface area contributed by atoms with Crippen LogP contribution in [0, 0.1) is 0 Å². The second-order valence-corrected chi connectivity index (χ2v) is 6.00. The smallest absolute Gasteiger partial charge is 0.413 e. The lowest BCUT2D eigenvalue weighted by Crippen LogP contribution is -2.35. The number of benzene rings is 1. The third-order valence-corrected chi connectivity index (χ3v) is 3.28. The Morgan fingerprint density at radius 1 is 1.20 bits per heavy atom. The van der Waals surface area contributed by atoms with Gasteiger partial charge in [0.1, 0.15) is 5.60 Å². The zero-order valence-corrected chi connectivity index (χ0v) is 14.4. The number of fused-ring (bicyclic) bond motifs is 1. The monoisotopic (exact) mass is 351 g/mol. The fraction of sp³-hybridized carbons (Fsp3) is 0.471. The van der Waals surface area contributed by atoms with Gasteiger partial charge in [0.15, 0.2) is 24.7 Å². The minimum atomic E-state index is -0.889. The number of carbonyl (C=O) groups is 3. The SMILES string of the molecule is CCOC(=O)NC(=O)COC(=O)COc1cccc2c1OC(C)(C)C2. The quantitative estimate of drug-likeness (QED) is 0.777. The Morgan fingerprint density at radius 2 is 1.96 bits per heavy atom. The highest BCUT2D eigenvalue weighted by Gasteiger charge is 2.32. The second-order valence-electron chi connectivity index (χ2n) is 6.00. The Hall–Kier alpha value is -2.77. The fourth-order valence-electron chi connectivity index (χ4n) is 2.34. The van der Waals surface area contributed by atoms with E-state index in [0.29, 0.717) is 11.5 Å². The topological polar surface area (TPSA) is 100 Å². The van der Waals surface area contributed by atoms with Gasteiger partial charge in [0.05, 0.1) is 6.61 Å². The van der Waals surface area contributed by atoms with Crippen molar-refractivity contribution < 1.29 is 33.3 Å². The molecule has 0 saturated carbocycles. The number of amides is 2. The molecule has 1 aromatic rings. The summed E-state index contributed by atoms with van der Waals surface area (Å²) in [6, 6.07) is 5.45. The van der Waals surface area contributed by atoms with Crippen molar-refractivity contribution >= 4 is 18.0 Å². The number of hydrogen-bond acceptors (Lipinski definition) is 7. The van der Waals surface area contributed by atoms with Crippen molar-refractivity contribution in [3.63, 3.8) is 0 Å². The van der Waals surface area contributed by atoms with Crippen LogP contribution in [0.5, 0.6) is 11.5 Å². The lowest BCUT2D eigenvalue weighted by atomic mass is 10.0. The molecule has 1 N–H and O–H groups in total. The van der Waals surface area contributed by atoms with Gasteiger partial charge in [0, 0.05) is 12.0 Å². The molecule has 136 valence electrons. The van der Waals surface area contributed by atoms with Gasteiger partial charge in [-0.2, -0.15) is 0 Å². The van der Waals surface area contributed by atoms with Crippen molar-refractivity contribution in [2.75, 3.05) is 19.8 Å². The Morgan fingerprint density at radius 3 is 2.68 bits per heavy atom. The van der Waals surface area contributed by atoms with Crippen LogP contribution in [0.4, 0.5) is 4.79 Å². The van der Waals surface area contributed by atoms with Crippen LogP contribution in [0.25, 0.3) is 0 Å². The maximum absolute atomic E-state index is 11.7. The number of rotatable bonds is 6. The molecule has 8 heteroatoms. The van der Waals surface area contributed by atoms with Gasteiger partial charge in [-0.25, -0.2) is 9.59 Å². The van der Waals surface area contributed by atoms with Crippen molar-refractivity contribution in [2.24, 2.45) is 0 Å². The first-order valence-corrected chi connectivity index (χ1v) is 7.86. The predicted molar refractivity (Wildman–Crippen MR) is 86.5 cm³/mol. The standard InChI is InChI=1S/C17H21NO7/c1-4-22-16(21)18-13(19)9-24-14(20)10-23-12-7-5-6-11-8-17(2,3)25-15(11)12/h5-7H,4,8-10H2,1-3H3,(H,18,19,21). The summed E-state index contributed by atoms with van der Waals surface area (Å²) in [4.78, 5) is 34.1. The maximum Gasteiger partial charge on any atom is 0.413 e. The number of alkyl carbamates (subject to hydrolysis) is 1. The van der Waals surface area contributed by atoms with Crippen molar-refractivity contribution in [3.05, 3.63) is 23.8 Å². The van der Waals surface area contributed by atoms with Crippen LogP contribution in [-0.2, 0) is 25.5 Å². The molecule has 0 spiro atoms. The minimum Gasteiger partial charge on any atom is -0.483 e. The first-order valence-electron chi connectivity index (χ1n) is 7.86. The largest absolute Gasteiger partial charge is 0.483 e. The highest BCUT2D eigenvalue weighted by atomic mass is 16.6. The van der Waals surface area contributed by atoms with Crippen LogP contribution in [-0.4, -0.2) is 43.4 Å². The van der Waals surface area contributed by atoms with Crippen LogP contribution in [0.1, 0.15) is 26.3 Å². The van der Waals surface area contributed by atoms with E-state index in [4.69, 9.17) is 14.2 Å². The number of ether oxygens (including phenoxy) is 4. The molecule has 0 aromatic heterocycles. The van der Waals surface area contributed by atoms with E-state index >= 15 is 0 Å². The molecule has 25 heavy (non-hydrogen) atoms. The van der Waals surface area contributed by atoms with Gasteiger partial charge < -0.3 is 18.9 Å². The van der Waals surface area contributed by atoms with E-state index in [9.17, 15) is 14.4 Å². The molecule has 1 aromatic carbocycles. The Kier molecular flexibility index (Phi) is 5.84. The van der Waals surface area contributed by atoms with Crippen molar-refractivity contribution in [1.29, 1.82) is 0 Å².